The lowest BCUT2D eigenvalue weighted by atomic mass is 9.81. The van der Waals surface area contributed by atoms with E-state index >= 15 is 0 Å². The molecule has 1 aliphatic rings. The van der Waals surface area contributed by atoms with Crippen molar-refractivity contribution in [1.29, 1.82) is 0 Å². The molecule has 4 rings (SSSR count). The van der Waals surface area contributed by atoms with Gasteiger partial charge in [0, 0.05) is 11.4 Å². The first-order valence-corrected chi connectivity index (χ1v) is 8.89. The molecule has 0 heterocycles. The van der Waals surface area contributed by atoms with Crippen molar-refractivity contribution >= 4 is 16.9 Å². The quantitative estimate of drug-likeness (QED) is 0.606. The van der Waals surface area contributed by atoms with Crippen LogP contribution < -0.4 is 11.1 Å². The van der Waals surface area contributed by atoms with E-state index in [0.717, 1.165) is 17.8 Å². The van der Waals surface area contributed by atoms with Gasteiger partial charge in [-0.15, -0.1) is 0 Å². The molecule has 0 saturated heterocycles. The number of anilines is 2. The van der Waals surface area contributed by atoms with Crippen molar-refractivity contribution < 1.29 is 0 Å². The summed E-state index contributed by atoms with van der Waals surface area (Å²) in [5, 5.41) is 3.74. The molecule has 1 unspecified atom stereocenters. The van der Waals surface area contributed by atoms with Gasteiger partial charge >= 0.3 is 0 Å². The smallest absolute Gasteiger partial charge is 0.0847 e. The zero-order valence-corrected chi connectivity index (χ0v) is 14.6. The van der Waals surface area contributed by atoms with E-state index in [2.05, 4.69) is 90.3 Å². The van der Waals surface area contributed by atoms with Gasteiger partial charge in [0.2, 0.25) is 0 Å². The molecule has 1 atom stereocenters. The van der Waals surface area contributed by atoms with Crippen molar-refractivity contribution in [2.24, 2.45) is 0 Å². The highest BCUT2D eigenvalue weighted by Crippen LogP contribution is 2.37. The van der Waals surface area contributed by atoms with Crippen molar-refractivity contribution in [1.82, 2.24) is 0 Å². The van der Waals surface area contributed by atoms with Crippen LogP contribution >= 0.6 is 0 Å². The lowest BCUT2D eigenvalue weighted by molar-refractivity contribution is 0.620. The van der Waals surface area contributed by atoms with Crippen LogP contribution in [0.5, 0.6) is 0 Å². The SMILES string of the molecule is Nc1ccc(C2=CCC(Nc3ccccc3)(c3ccccc3)C=C2)cc1. The Hall–Kier alpha value is -3.26. The zero-order valence-electron chi connectivity index (χ0n) is 14.6. The maximum Gasteiger partial charge on any atom is 0.0847 e. The molecule has 0 amide bonds. The fourth-order valence-electron chi connectivity index (χ4n) is 3.42. The third-order valence-electron chi connectivity index (χ3n) is 4.87. The number of nitrogens with two attached hydrogens (primary N) is 1. The third kappa shape index (κ3) is 3.27. The summed E-state index contributed by atoms with van der Waals surface area (Å²) in [4.78, 5) is 0. The Morgan fingerprint density at radius 3 is 2.04 bits per heavy atom. The Kier molecular flexibility index (Phi) is 4.32. The molecule has 0 saturated carbocycles. The molecular formula is C24H22N2. The second kappa shape index (κ2) is 6.93. The van der Waals surface area contributed by atoms with Gasteiger partial charge < -0.3 is 11.1 Å². The Morgan fingerprint density at radius 2 is 1.42 bits per heavy atom. The van der Waals surface area contributed by atoms with E-state index in [-0.39, 0.29) is 5.54 Å². The summed E-state index contributed by atoms with van der Waals surface area (Å²) in [6, 6.07) is 29.0. The van der Waals surface area contributed by atoms with E-state index in [1.807, 2.05) is 18.2 Å². The van der Waals surface area contributed by atoms with Crippen molar-refractivity contribution in [3.63, 3.8) is 0 Å². The number of allylic oxidation sites excluding steroid dienone is 2. The van der Waals surface area contributed by atoms with Crippen LogP contribution in [0.1, 0.15) is 17.5 Å². The zero-order chi connectivity index (χ0) is 17.8. The molecule has 3 aromatic rings. The van der Waals surface area contributed by atoms with Crippen LogP contribution in [0.2, 0.25) is 0 Å². The van der Waals surface area contributed by atoms with Crippen LogP contribution in [0, 0.1) is 0 Å². The molecule has 26 heavy (non-hydrogen) atoms. The van der Waals surface area contributed by atoms with Crippen molar-refractivity contribution in [3.05, 3.63) is 114 Å². The monoisotopic (exact) mass is 338 g/mol. The summed E-state index contributed by atoms with van der Waals surface area (Å²) in [7, 11) is 0. The minimum atomic E-state index is -0.250. The van der Waals surface area contributed by atoms with E-state index in [4.69, 9.17) is 5.73 Å². The van der Waals surface area contributed by atoms with Crippen LogP contribution in [-0.2, 0) is 5.54 Å². The summed E-state index contributed by atoms with van der Waals surface area (Å²) in [6.07, 6.45) is 7.66. The van der Waals surface area contributed by atoms with Crippen LogP contribution in [0.25, 0.3) is 5.57 Å². The van der Waals surface area contributed by atoms with Gasteiger partial charge in [-0.3, -0.25) is 0 Å². The van der Waals surface area contributed by atoms with Gasteiger partial charge in [-0.1, -0.05) is 78.9 Å². The summed E-state index contributed by atoms with van der Waals surface area (Å²) in [6.45, 7) is 0. The molecule has 128 valence electrons. The van der Waals surface area contributed by atoms with E-state index in [0.29, 0.717) is 0 Å². The first kappa shape index (κ1) is 16.2. The molecule has 2 nitrogen and oxygen atoms in total. The second-order valence-electron chi connectivity index (χ2n) is 6.65. The molecule has 0 bridgehead atoms. The van der Waals surface area contributed by atoms with E-state index in [1.165, 1.54) is 16.7 Å². The number of hydrogen-bond donors (Lipinski definition) is 2. The average molecular weight is 338 g/mol. The summed E-state index contributed by atoms with van der Waals surface area (Å²) in [5.41, 5.74) is 11.1. The molecule has 0 radical (unpaired) electrons. The highest BCUT2D eigenvalue weighted by Gasteiger charge is 2.30. The molecule has 0 aliphatic heterocycles. The highest BCUT2D eigenvalue weighted by molar-refractivity contribution is 5.77. The van der Waals surface area contributed by atoms with Gasteiger partial charge in [0.1, 0.15) is 0 Å². The normalized spacial score (nSPS) is 19.0. The van der Waals surface area contributed by atoms with E-state index < -0.39 is 0 Å². The molecular weight excluding hydrogens is 316 g/mol. The molecule has 1 aliphatic carbocycles. The fourth-order valence-corrected chi connectivity index (χ4v) is 3.42. The van der Waals surface area contributed by atoms with Crippen LogP contribution in [0.4, 0.5) is 11.4 Å². The van der Waals surface area contributed by atoms with Gasteiger partial charge in [-0.05, 0) is 47.4 Å². The Labute approximate surface area is 154 Å². The number of nitrogen functional groups attached to an aromatic ring is 1. The van der Waals surface area contributed by atoms with Gasteiger partial charge in [0.25, 0.3) is 0 Å². The molecule has 0 fully saturated rings. The van der Waals surface area contributed by atoms with Crippen LogP contribution in [0.15, 0.2) is 103 Å². The standard InChI is InChI=1S/C24H22N2/c25-22-13-11-19(12-14-22)20-15-17-24(18-16-20,21-7-3-1-4-8-21)26-23-9-5-2-6-10-23/h1-17,26H,18,25H2. The Balaban J connectivity index is 1.68. The van der Waals surface area contributed by atoms with Crippen molar-refractivity contribution in [2.45, 2.75) is 12.0 Å². The minimum absolute atomic E-state index is 0.250. The first-order valence-electron chi connectivity index (χ1n) is 8.89. The molecule has 0 spiro atoms. The average Bonchev–Trinajstić information content (AvgIpc) is 2.71. The molecule has 2 heteroatoms. The second-order valence-corrected chi connectivity index (χ2v) is 6.65. The van der Waals surface area contributed by atoms with E-state index in [9.17, 15) is 0 Å². The summed E-state index contributed by atoms with van der Waals surface area (Å²) >= 11 is 0. The molecule has 0 aromatic heterocycles. The predicted octanol–water partition coefficient (Wildman–Crippen LogP) is 5.62. The topological polar surface area (TPSA) is 38.0 Å². The van der Waals surface area contributed by atoms with Gasteiger partial charge in [0.15, 0.2) is 0 Å². The number of para-hydroxylation sites is 1. The number of rotatable bonds is 4. The van der Waals surface area contributed by atoms with Crippen molar-refractivity contribution in [2.75, 3.05) is 11.1 Å². The lowest BCUT2D eigenvalue weighted by Gasteiger charge is -2.35. The minimum Gasteiger partial charge on any atom is -0.399 e. The van der Waals surface area contributed by atoms with Crippen molar-refractivity contribution in [3.8, 4) is 0 Å². The molecule has 3 N–H and O–H groups in total. The summed E-state index contributed by atoms with van der Waals surface area (Å²) in [5.74, 6) is 0. The van der Waals surface area contributed by atoms with Crippen LogP contribution in [0.3, 0.4) is 0 Å². The highest BCUT2D eigenvalue weighted by atomic mass is 15.0. The largest absolute Gasteiger partial charge is 0.399 e. The van der Waals surface area contributed by atoms with Gasteiger partial charge in [-0.25, -0.2) is 0 Å². The Morgan fingerprint density at radius 1 is 0.769 bits per heavy atom. The number of benzene rings is 3. The number of hydrogen-bond acceptors (Lipinski definition) is 2. The molecule has 3 aromatic carbocycles. The fraction of sp³-hybridized carbons (Fsp3) is 0.0833. The summed E-state index contributed by atoms with van der Waals surface area (Å²) < 4.78 is 0. The lowest BCUT2D eigenvalue weighted by Crippen LogP contribution is -2.34. The number of nitrogens with one attached hydrogen (secondary N) is 1. The van der Waals surface area contributed by atoms with E-state index in [1.54, 1.807) is 0 Å². The first-order chi connectivity index (χ1) is 12.8. The predicted molar refractivity (Wildman–Crippen MR) is 111 cm³/mol. The van der Waals surface area contributed by atoms with Gasteiger partial charge in [-0.2, -0.15) is 0 Å². The maximum absolute atomic E-state index is 5.81. The Bertz CT molecular complexity index is 925. The maximum atomic E-state index is 5.81. The van der Waals surface area contributed by atoms with Gasteiger partial charge in [0.05, 0.1) is 5.54 Å². The van der Waals surface area contributed by atoms with Crippen LogP contribution in [-0.4, -0.2) is 0 Å². The third-order valence-corrected chi connectivity index (χ3v) is 4.87.